The van der Waals surface area contributed by atoms with Crippen molar-refractivity contribution in [2.75, 3.05) is 6.54 Å². The Morgan fingerprint density at radius 1 is 1.44 bits per heavy atom. The Labute approximate surface area is 107 Å². The first-order chi connectivity index (χ1) is 8.55. The van der Waals surface area contributed by atoms with Crippen molar-refractivity contribution in [3.8, 4) is 0 Å². The van der Waals surface area contributed by atoms with Crippen LogP contribution in [0.4, 0.5) is 4.39 Å². The van der Waals surface area contributed by atoms with E-state index in [0.29, 0.717) is 10.2 Å². The Kier molecular flexibility index (Phi) is 3.58. The first kappa shape index (κ1) is 12.9. The number of para-hydroxylation sites is 1. The van der Waals surface area contributed by atoms with Gasteiger partial charge in [0, 0.05) is 0 Å². The van der Waals surface area contributed by atoms with Gasteiger partial charge in [0.05, 0.1) is 16.8 Å². The molecule has 1 N–H and O–H groups in total. The van der Waals surface area contributed by atoms with Gasteiger partial charge in [0.1, 0.15) is 0 Å². The quantitative estimate of drug-likeness (QED) is 0.836. The number of hydrogen-bond donors (Lipinski definition) is 1. The SMILES string of the molecule is O=CNCC(F)S(=O)(=O)c1nc2ccccc2s1. The summed E-state index contributed by atoms with van der Waals surface area (Å²) in [5.41, 5.74) is -1.68. The smallest absolute Gasteiger partial charge is 0.239 e. The van der Waals surface area contributed by atoms with Crippen molar-refractivity contribution in [1.29, 1.82) is 0 Å². The Balaban J connectivity index is 2.37. The Hall–Kier alpha value is -1.54. The fraction of sp³-hybridized carbons (Fsp3) is 0.200. The molecule has 18 heavy (non-hydrogen) atoms. The minimum Gasteiger partial charge on any atom is -0.355 e. The van der Waals surface area contributed by atoms with E-state index >= 15 is 0 Å². The number of hydrogen-bond acceptors (Lipinski definition) is 5. The summed E-state index contributed by atoms with van der Waals surface area (Å²) in [6.07, 6.45) is 0.250. The highest BCUT2D eigenvalue weighted by Gasteiger charge is 2.30. The maximum atomic E-state index is 13.5. The monoisotopic (exact) mass is 288 g/mol. The van der Waals surface area contributed by atoms with Crippen LogP contribution in [0.25, 0.3) is 10.2 Å². The number of alkyl halides is 1. The van der Waals surface area contributed by atoms with Crippen LogP contribution in [-0.4, -0.2) is 31.9 Å². The molecule has 0 aliphatic carbocycles. The number of amides is 1. The molecule has 2 aromatic rings. The van der Waals surface area contributed by atoms with Crippen LogP contribution in [0.5, 0.6) is 0 Å². The molecule has 0 radical (unpaired) electrons. The third-order valence-electron chi connectivity index (χ3n) is 2.22. The zero-order chi connectivity index (χ0) is 13.2. The van der Waals surface area contributed by atoms with Crippen molar-refractivity contribution in [2.24, 2.45) is 0 Å². The van der Waals surface area contributed by atoms with Crippen LogP contribution in [0.1, 0.15) is 0 Å². The van der Waals surface area contributed by atoms with Gasteiger partial charge in [0.15, 0.2) is 0 Å². The number of sulfone groups is 1. The highest BCUT2D eigenvalue weighted by Crippen LogP contribution is 2.27. The average molecular weight is 288 g/mol. The lowest BCUT2D eigenvalue weighted by Crippen LogP contribution is -2.29. The third kappa shape index (κ3) is 2.34. The van der Waals surface area contributed by atoms with E-state index in [-0.39, 0.29) is 10.7 Å². The van der Waals surface area contributed by atoms with E-state index in [1.54, 1.807) is 24.3 Å². The number of fused-ring (bicyclic) bond motifs is 1. The number of halogens is 1. The standard InChI is InChI=1S/C10H9FN2O3S2/c11-9(5-12-6-14)18(15,16)10-13-7-3-1-2-4-8(7)17-10/h1-4,6,9H,5H2,(H,12,14). The first-order valence-electron chi connectivity index (χ1n) is 4.96. The summed E-state index contributed by atoms with van der Waals surface area (Å²) in [5.74, 6) is 0. The molecule has 2 rings (SSSR count). The lowest BCUT2D eigenvalue weighted by Gasteiger charge is -2.05. The predicted molar refractivity (Wildman–Crippen MR) is 65.8 cm³/mol. The lowest BCUT2D eigenvalue weighted by atomic mass is 10.3. The molecule has 5 nitrogen and oxygen atoms in total. The predicted octanol–water partition coefficient (Wildman–Crippen LogP) is 1.11. The molecular weight excluding hydrogens is 279 g/mol. The number of rotatable bonds is 5. The van der Waals surface area contributed by atoms with Crippen LogP contribution < -0.4 is 5.32 Å². The molecule has 8 heteroatoms. The van der Waals surface area contributed by atoms with Gasteiger partial charge in [0.2, 0.25) is 26.1 Å². The van der Waals surface area contributed by atoms with Crippen LogP contribution in [0.2, 0.25) is 0 Å². The Morgan fingerprint density at radius 3 is 2.83 bits per heavy atom. The molecule has 1 heterocycles. The van der Waals surface area contributed by atoms with Crippen molar-refractivity contribution in [1.82, 2.24) is 10.3 Å². The number of nitrogens with one attached hydrogen (secondary N) is 1. The number of carbonyl (C=O) groups is 1. The normalized spacial score (nSPS) is 13.4. The van der Waals surface area contributed by atoms with Gasteiger partial charge in [-0.1, -0.05) is 12.1 Å². The van der Waals surface area contributed by atoms with Gasteiger partial charge >= 0.3 is 0 Å². The maximum Gasteiger partial charge on any atom is 0.239 e. The highest BCUT2D eigenvalue weighted by atomic mass is 32.2. The van der Waals surface area contributed by atoms with Crippen LogP contribution in [0.3, 0.4) is 0 Å². The first-order valence-corrected chi connectivity index (χ1v) is 7.32. The van der Waals surface area contributed by atoms with Gasteiger partial charge in [-0.15, -0.1) is 11.3 Å². The van der Waals surface area contributed by atoms with Gasteiger partial charge < -0.3 is 5.32 Å². The maximum absolute atomic E-state index is 13.5. The van der Waals surface area contributed by atoms with Crippen molar-refractivity contribution in [3.05, 3.63) is 24.3 Å². The minimum atomic E-state index is -4.15. The second-order valence-electron chi connectivity index (χ2n) is 3.43. The van der Waals surface area contributed by atoms with Gasteiger partial charge in [-0.05, 0) is 12.1 Å². The van der Waals surface area contributed by atoms with Crippen molar-refractivity contribution < 1.29 is 17.6 Å². The van der Waals surface area contributed by atoms with Crippen LogP contribution in [-0.2, 0) is 14.6 Å². The summed E-state index contributed by atoms with van der Waals surface area (Å²) >= 11 is 0.911. The lowest BCUT2D eigenvalue weighted by molar-refractivity contribution is -0.109. The molecule has 0 aliphatic heterocycles. The summed E-state index contributed by atoms with van der Waals surface area (Å²) < 4.78 is 37.6. The third-order valence-corrected chi connectivity index (χ3v) is 5.41. The molecular formula is C10H9FN2O3S2. The number of benzene rings is 1. The zero-order valence-electron chi connectivity index (χ0n) is 9.04. The minimum absolute atomic E-state index is 0.250. The molecule has 0 saturated carbocycles. The van der Waals surface area contributed by atoms with Crippen LogP contribution in [0, 0.1) is 0 Å². The zero-order valence-corrected chi connectivity index (χ0v) is 10.7. The van der Waals surface area contributed by atoms with Crippen molar-refractivity contribution >= 4 is 37.8 Å². The second-order valence-corrected chi connectivity index (χ2v) is 6.71. The van der Waals surface area contributed by atoms with E-state index in [1.165, 1.54) is 0 Å². The molecule has 0 saturated heterocycles. The average Bonchev–Trinajstić information content (AvgIpc) is 2.80. The van der Waals surface area contributed by atoms with Crippen molar-refractivity contribution in [3.63, 3.8) is 0 Å². The second kappa shape index (κ2) is 4.99. The molecule has 1 amide bonds. The number of nitrogens with zero attached hydrogens (tertiary/aromatic N) is 1. The summed E-state index contributed by atoms with van der Waals surface area (Å²) in [5, 5.41) is 2.00. The summed E-state index contributed by atoms with van der Waals surface area (Å²) in [7, 11) is -4.15. The van der Waals surface area contributed by atoms with E-state index in [1.807, 2.05) is 5.32 Å². The number of aromatic nitrogens is 1. The van der Waals surface area contributed by atoms with E-state index in [2.05, 4.69) is 4.98 Å². The van der Waals surface area contributed by atoms with E-state index in [0.717, 1.165) is 11.3 Å². The fourth-order valence-corrected chi connectivity index (χ4v) is 3.84. The topological polar surface area (TPSA) is 76.1 Å². The van der Waals surface area contributed by atoms with E-state index in [4.69, 9.17) is 0 Å². The van der Waals surface area contributed by atoms with Gasteiger partial charge in [0.25, 0.3) is 0 Å². The van der Waals surface area contributed by atoms with E-state index in [9.17, 15) is 17.6 Å². The fourth-order valence-electron chi connectivity index (χ4n) is 1.33. The summed E-state index contributed by atoms with van der Waals surface area (Å²) in [6.45, 7) is -0.582. The summed E-state index contributed by atoms with van der Waals surface area (Å²) in [4.78, 5) is 13.9. The summed E-state index contributed by atoms with van der Waals surface area (Å²) in [6, 6.07) is 6.84. The number of thiazole rings is 1. The van der Waals surface area contributed by atoms with Gasteiger partial charge in [-0.2, -0.15) is 0 Å². The van der Waals surface area contributed by atoms with E-state index < -0.39 is 21.9 Å². The molecule has 96 valence electrons. The Bertz CT molecular complexity index is 636. The Morgan fingerprint density at radius 2 is 2.17 bits per heavy atom. The van der Waals surface area contributed by atoms with Crippen LogP contribution in [0.15, 0.2) is 28.6 Å². The molecule has 1 unspecified atom stereocenters. The van der Waals surface area contributed by atoms with Gasteiger partial charge in [-0.3, -0.25) is 4.79 Å². The molecule has 0 aliphatic rings. The largest absolute Gasteiger partial charge is 0.355 e. The highest BCUT2D eigenvalue weighted by molar-refractivity contribution is 7.93. The van der Waals surface area contributed by atoms with Crippen molar-refractivity contribution in [2.45, 2.75) is 9.84 Å². The van der Waals surface area contributed by atoms with Gasteiger partial charge in [-0.25, -0.2) is 17.8 Å². The molecule has 1 aromatic carbocycles. The molecule has 1 aromatic heterocycles. The molecule has 0 bridgehead atoms. The van der Waals surface area contributed by atoms with Crippen LogP contribution >= 0.6 is 11.3 Å². The number of carbonyl (C=O) groups excluding carboxylic acids is 1. The molecule has 0 fully saturated rings. The molecule has 1 atom stereocenters. The molecule has 0 spiro atoms.